The summed E-state index contributed by atoms with van der Waals surface area (Å²) in [6.45, 7) is 0. The maximum absolute atomic E-state index is 6.74. The number of fused-ring (bicyclic) bond motifs is 28. The summed E-state index contributed by atoms with van der Waals surface area (Å²) < 4.78 is 24.7. The molecule has 0 aliphatic heterocycles. The highest BCUT2D eigenvalue weighted by molar-refractivity contribution is 7.26. The van der Waals surface area contributed by atoms with Gasteiger partial charge in [0.2, 0.25) is 0 Å². The van der Waals surface area contributed by atoms with Gasteiger partial charge in [0.25, 0.3) is 0 Å². The Labute approximate surface area is 814 Å². The molecule has 2 aliphatic rings. The van der Waals surface area contributed by atoms with E-state index in [4.69, 9.17) is 13.3 Å². The molecule has 140 heavy (non-hydrogen) atoms. The normalized spacial score (nSPS) is 12.2. The summed E-state index contributed by atoms with van der Waals surface area (Å²) in [6, 6.07) is 175. The first-order chi connectivity index (χ1) is 69.4. The van der Waals surface area contributed by atoms with E-state index in [1.807, 2.05) is 40.9 Å². The summed E-state index contributed by atoms with van der Waals surface area (Å²) in [6.07, 6.45) is 0. The van der Waals surface area contributed by atoms with Crippen LogP contribution in [0.3, 0.4) is 0 Å². The topological polar surface area (TPSA) is 85.2 Å². The minimum absolute atomic E-state index is 0.370. The van der Waals surface area contributed by atoms with Crippen LogP contribution in [0.4, 0.5) is 85.3 Å². The van der Waals surface area contributed by atoms with Gasteiger partial charge in [-0.15, -0.1) is 22.7 Å². The molecule has 22 aromatic carbocycles. The Balaban J connectivity index is 0.000000106. The van der Waals surface area contributed by atoms with Crippen molar-refractivity contribution in [2.75, 3.05) is 30.7 Å². The number of nitrogens with zero attached hydrogens (tertiary/aromatic N) is 3. The molecule has 9 nitrogen and oxygen atoms in total. The minimum Gasteiger partial charge on any atom is -0.456 e. The third-order valence-corrected chi connectivity index (χ3v) is 30.2. The fraction of sp³-hybridized carbons (Fsp3) is 0.00775. The zero-order valence-corrected chi connectivity index (χ0v) is 77.3. The zero-order valence-electron chi connectivity index (χ0n) is 75.6. The first-order valence-electron chi connectivity index (χ1n) is 47.4. The van der Waals surface area contributed by atoms with Crippen LogP contribution >= 0.6 is 22.7 Å². The first-order valence-corrected chi connectivity index (χ1v) is 49.0. The number of furan rings is 3. The van der Waals surface area contributed by atoms with Crippen LogP contribution in [0, 0.1) is 0 Å². The van der Waals surface area contributed by atoms with Crippen molar-refractivity contribution < 1.29 is 13.3 Å². The van der Waals surface area contributed by atoms with Crippen molar-refractivity contribution in [1.82, 2.24) is 0 Å². The molecule has 0 saturated carbocycles. The van der Waals surface area contributed by atoms with Crippen LogP contribution in [-0.2, 0) is 5.41 Å². The fourth-order valence-corrected chi connectivity index (χ4v) is 24.1. The van der Waals surface area contributed by atoms with Gasteiger partial charge >= 0.3 is 0 Å². The lowest BCUT2D eigenvalue weighted by molar-refractivity contribution is 0.668. The molecule has 2 aliphatic carbocycles. The Morgan fingerprint density at radius 2 is 0.607 bits per heavy atom. The molecular weight excluding hydrogens is 1750 g/mol. The van der Waals surface area contributed by atoms with E-state index in [9.17, 15) is 0 Å². The number of anilines is 15. The zero-order chi connectivity index (χ0) is 92.3. The molecule has 0 fully saturated rings. The molecule has 0 saturated heterocycles. The molecule has 0 atom stereocenters. The average molecular weight is 1830 g/mol. The van der Waals surface area contributed by atoms with Gasteiger partial charge < -0.3 is 43.9 Å². The highest BCUT2D eigenvalue weighted by atomic mass is 32.1. The van der Waals surface area contributed by atoms with Crippen LogP contribution in [-0.4, -0.2) is 0 Å². The highest BCUT2D eigenvalue weighted by Gasteiger charge is 2.52. The lowest BCUT2D eigenvalue weighted by Crippen LogP contribution is -2.25. The minimum atomic E-state index is -0.370. The van der Waals surface area contributed by atoms with E-state index in [1.165, 1.54) is 95.6 Å². The van der Waals surface area contributed by atoms with Crippen LogP contribution < -0.4 is 30.7 Å². The summed E-state index contributed by atoms with van der Waals surface area (Å²) in [5.74, 6) is 0. The molecule has 5 heterocycles. The second-order valence-corrected chi connectivity index (χ2v) is 38.0. The van der Waals surface area contributed by atoms with Crippen LogP contribution in [0.15, 0.2) is 505 Å². The van der Waals surface area contributed by atoms with Crippen molar-refractivity contribution >= 4 is 236 Å². The van der Waals surface area contributed by atoms with Crippen molar-refractivity contribution in [3.63, 3.8) is 0 Å². The molecule has 29 rings (SSSR count). The van der Waals surface area contributed by atoms with E-state index in [2.05, 4.69) is 504 Å². The van der Waals surface area contributed by atoms with E-state index in [0.717, 1.165) is 162 Å². The third-order valence-electron chi connectivity index (χ3n) is 27.9. The van der Waals surface area contributed by atoms with Crippen LogP contribution in [0.2, 0.25) is 0 Å². The number of hydrogen-bond acceptors (Lipinski definition) is 11. The van der Waals surface area contributed by atoms with Gasteiger partial charge in [0.1, 0.15) is 33.5 Å². The van der Waals surface area contributed by atoms with E-state index < -0.39 is 0 Å². The number of nitrogens with one attached hydrogen (secondary N) is 3. The van der Waals surface area contributed by atoms with Crippen molar-refractivity contribution in [3.8, 4) is 22.3 Å². The third kappa shape index (κ3) is 13.8. The molecule has 660 valence electrons. The summed E-state index contributed by atoms with van der Waals surface area (Å²) >= 11 is 3.67. The first kappa shape index (κ1) is 81.5. The predicted molar refractivity (Wildman–Crippen MR) is 591 cm³/mol. The Bertz CT molecular complexity index is 9450. The maximum Gasteiger partial charge on any atom is 0.143 e. The summed E-state index contributed by atoms with van der Waals surface area (Å²) in [5, 5.41) is 27.4. The molecular formula is C129H84N6O3S2. The quantitative estimate of drug-likeness (QED) is 0.0929. The molecule has 27 aromatic rings. The standard InChI is InChI=1S/C49H32N2O.C44H28N2OS.C36H24N2OS/c1-3-14-33(15-4-1)51(34-16-5-2-6-17-34)35-27-29-46-40(31-35)38-28-26-32(30-47(38)52-46)50-45-25-13-24-44-48(45)39-20-9-12-23-43(39)49(44)41-21-10-7-18-36(41)37-19-8-11-22-42(37)49;1-2-14-30(15-3-1)46(39-22-10-13-28-12-4-5-16-31(28)39)40-27-37-33-25-24-29(26-41(33)47-43(37)35-19-7-6-17-32(35)40)45-38-21-11-20-36-34-18-8-9-23-42(34)48-44(36)38;1-3-9-24(10-4-1)37-25-15-18-29-32-22-27(17-20-33(32)39-34(29)21-25)38(26-11-5-2-6-12-26)28-16-19-31-30-13-7-8-14-35(30)40-36(31)23-28/h1-31,50H;1-27,45H;1-23,37H. The summed E-state index contributed by atoms with van der Waals surface area (Å²) in [7, 11) is 0. The molecule has 1 spiro atoms. The number of para-hydroxylation sites is 5. The molecule has 0 amide bonds. The number of hydrogen-bond donors (Lipinski definition) is 3. The van der Waals surface area contributed by atoms with Gasteiger partial charge in [0.15, 0.2) is 0 Å². The molecule has 0 bridgehead atoms. The van der Waals surface area contributed by atoms with E-state index in [0.29, 0.717) is 0 Å². The fourth-order valence-electron chi connectivity index (χ4n) is 21.8. The van der Waals surface area contributed by atoms with Crippen molar-refractivity contribution in [2.24, 2.45) is 0 Å². The second kappa shape index (κ2) is 33.8. The number of thiophene rings is 2. The maximum atomic E-state index is 6.74. The monoisotopic (exact) mass is 1830 g/mol. The smallest absolute Gasteiger partial charge is 0.143 e. The SMILES string of the molecule is c1ccc(N(c2cccc3ccccc23)c2cc3c4ccc(Nc5cccc6c5sc5ccccc56)cc4oc3c3ccccc23)cc1.c1ccc(N(c2ccccc2)c2ccc3oc4cc(Nc5cccc6c5-c5ccccc5C65c6ccccc6-c6ccccc65)ccc4c3c2)cc1.c1ccc(Nc2ccc3c(c2)oc2ccc(N(c4ccccc4)c4ccc5c(c4)sc4ccccc45)cc23)cc1. The van der Waals surface area contributed by atoms with E-state index in [-0.39, 0.29) is 5.41 Å². The molecule has 3 N–H and O–H groups in total. The van der Waals surface area contributed by atoms with Gasteiger partial charge in [-0.3, -0.25) is 0 Å². The van der Waals surface area contributed by atoms with Gasteiger partial charge in [-0.05, 0) is 226 Å². The van der Waals surface area contributed by atoms with Crippen LogP contribution in [0.1, 0.15) is 22.3 Å². The van der Waals surface area contributed by atoms with Gasteiger partial charge in [-0.25, -0.2) is 0 Å². The molecule has 0 radical (unpaired) electrons. The average Bonchev–Trinajstić information content (AvgIpc) is 1.50. The summed E-state index contributed by atoms with van der Waals surface area (Å²) in [4.78, 5) is 7.01. The number of rotatable bonds is 15. The van der Waals surface area contributed by atoms with Crippen molar-refractivity contribution in [3.05, 3.63) is 514 Å². The van der Waals surface area contributed by atoms with Crippen molar-refractivity contribution in [2.45, 2.75) is 5.41 Å². The Hall–Kier alpha value is -18.0. The van der Waals surface area contributed by atoms with Gasteiger partial charge in [-0.2, -0.15) is 0 Å². The Morgan fingerprint density at radius 3 is 1.22 bits per heavy atom. The van der Waals surface area contributed by atoms with Gasteiger partial charge in [0, 0.05) is 176 Å². The number of benzene rings is 22. The second-order valence-electron chi connectivity index (χ2n) is 35.9. The van der Waals surface area contributed by atoms with E-state index >= 15 is 0 Å². The van der Waals surface area contributed by atoms with Gasteiger partial charge in [-0.1, -0.05) is 291 Å². The lowest BCUT2D eigenvalue weighted by atomic mass is 9.70. The van der Waals surface area contributed by atoms with Gasteiger partial charge in [0.05, 0.1) is 27.2 Å². The molecule has 5 aromatic heterocycles. The van der Waals surface area contributed by atoms with E-state index in [1.54, 1.807) is 0 Å². The summed E-state index contributed by atoms with van der Waals surface area (Å²) in [5.41, 5.74) is 31.6. The Morgan fingerprint density at radius 1 is 0.200 bits per heavy atom. The van der Waals surface area contributed by atoms with Crippen molar-refractivity contribution in [1.29, 1.82) is 0 Å². The van der Waals surface area contributed by atoms with Crippen LogP contribution in [0.25, 0.3) is 150 Å². The molecule has 11 heteroatoms. The largest absolute Gasteiger partial charge is 0.456 e. The molecule has 0 unspecified atom stereocenters. The predicted octanol–water partition coefficient (Wildman–Crippen LogP) is 37.8. The lowest BCUT2D eigenvalue weighted by Gasteiger charge is -2.30. The van der Waals surface area contributed by atoms with Crippen LogP contribution in [0.5, 0.6) is 0 Å². The highest BCUT2D eigenvalue weighted by Crippen LogP contribution is 2.64. The Kier molecular flexibility index (Phi) is 19.7.